The van der Waals surface area contributed by atoms with E-state index < -0.39 is 12.0 Å². The first-order chi connectivity index (χ1) is 16.3. The average Bonchev–Trinajstić information content (AvgIpc) is 3.46. The summed E-state index contributed by atoms with van der Waals surface area (Å²) >= 11 is 6.33. The third-order valence-corrected chi connectivity index (χ3v) is 7.11. The highest BCUT2D eigenvalue weighted by molar-refractivity contribution is 6.31. The summed E-state index contributed by atoms with van der Waals surface area (Å²) in [4.78, 5) is 17.2. The van der Waals surface area contributed by atoms with Crippen LogP contribution in [0.1, 0.15) is 37.1 Å². The minimum Gasteiger partial charge on any atom is -0.355 e. The largest absolute Gasteiger partial charge is 0.453 e. The Balaban J connectivity index is 1.24. The monoisotopic (exact) mass is 492 g/mol. The third kappa shape index (κ3) is 4.43. The maximum atomic E-state index is 13.3. The van der Waals surface area contributed by atoms with Crippen molar-refractivity contribution in [3.8, 4) is 0 Å². The van der Waals surface area contributed by atoms with Crippen molar-refractivity contribution >= 4 is 29.0 Å². The molecule has 0 saturated carbocycles. The lowest BCUT2D eigenvalue weighted by molar-refractivity contribution is -0.146. The van der Waals surface area contributed by atoms with Crippen LogP contribution in [0.5, 0.6) is 0 Å². The van der Waals surface area contributed by atoms with Gasteiger partial charge < -0.3 is 9.80 Å². The molecule has 1 amide bonds. The van der Waals surface area contributed by atoms with Gasteiger partial charge in [0.25, 0.3) is 5.82 Å². The molecule has 0 aliphatic carbocycles. The quantitative estimate of drug-likeness (QED) is 0.545. The number of anilines is 1. The summed E-state index contributed by atoms with van der Waals surface area (Å²) in [6, 6.07) is 11.0. The normalized spacial score (nSPS) is 19.8. The Hall–Kier alpha value is -2.88. The number of carbonyl (C=O) groups excluding carboxylic acids is 1. The number of halogens is 4. The van der Waals surface area contributed by atoms with Crippen molar-refractivity contribution < 1.29 is 18.0 Å². The number of nitrogens with zero attached hydrogens (tertiary/aromatic N) is 6. The van der Waals surface area contributed by atoms with E-state index in [4.69, 9.17) is 11.6 Å². The molecule has 2 saturated heterocycles. The second-order valence-corrected chi connectivity index (χ2v) is 9.27. The number of benzene rings is 1. The number of rotatable bonds is 4. The fourth-order valence-corrected chi connectivity index (χ4v) is 5.18. The molecule has 180 valence electrons. The SMILES string of the molecule is O=C(C1CCN(c2ccc3nnc(C(F)(F)F)n3n2)CC1)N1CCCC1Cc1ccccc1Cl. The van der Waals surface area contributed by atoms with Crippen LogP contribution in [-0.2, 0) is 17.4 Å². The van der Waals surface area contributed by atoms with Gasteiger partial charge in [0.2, 0.25) is 5.91 Å². The topological polar surface area (TPSA) is 66.6 Å². The number of amides is 1. The van der Waals surface area contributed by atoms with Crippen molar-refractivity contribution in [2.45, 2.75) is 44.3 Å². The van der Waals surface area contributed by atoms with Gasteiger partial charge >= 0.3 is 6.18 Å². The zero-order valence-corrected chi connectivity index (χ0v) is 19.1. The molecule has 1 unspecified atom stereocenters. The van der Waals surface area contributed by atoms with E-state index >= 15 is 0 Å². The van der Waals surface area contributed by atoms with Gasteiger partial charge in [-0.15, -0.1) is 15.3 Å². The predicted molar refractivity (Wildman–Crippen MR) is 121 cm³/mol. The number of aromatic nitrogens is 4. The molecule has 0 bridgehead atoms. The Morgan fingerprint density at radius 3 is 2.53 bits per heavy atom. The van der Waals surface area contributed by atoms with Crippen LogP contribution in [0, 0.1) is 5.92 Å². The molecule has 1 atom stereocenters. The molecule has 0 N–H and O–H groups in total. The summed E-state index contributed by atoms with van der Waals surface area (Å²) in [6.07, 6.45) is -0.704. The van der Waals surface area contributed by atoms with Crippen LogP contribution in [0.3, 0.4) is 0 Å². The molecular formula is C23H24ClF3N6O. The molecule has 11 heteroatoms. The van der Waals surface area contributed by atoms with Gasteiger partial charge in [0, 0.05) is 36.6 Å². The molecule has 3 aromatic rings. The van der Waals surface area contributed by atoms with Crippen LogP contribution in [0.25, 0.3) is 5.65 Å². The van der Waals surface area contributed by atoms with Gasteiger partial charge in [-0.1, -0.05) is 29.8 Å². The van der Waals surface area contributed by atoms with Gasteiger partial charge in [-0.25, -0.2) is 0 Å². The highest BCUT2D eigenvalue weighted by Crippen LogP contribution is 2.31. The van der Waals surface area contributed by atoms with E-state index in [0.717, 1.165) is 40.9 Å². The predicted octanol–water partition coefficient (Wildman–Crippen LogP) is 4.25. The van der Waals surface area contributed by atoms with Crippen molar-refractivity contribution in [1.82, 2.24) is 24.7 Å². The minimum absolute atomic E-state index is 0.0414. The van der Waals surface area contributed by atoms with Crippen molar-refractivity contribution in [2.75, 3.05) is 24.5 Å². The number of hydrogen-bond donors (Lipinski definition) is 0. The summed E-state index contributed by atoms with van der Waals surface area (Å²) in [7, 11) is 0. The number of likely N-dealkylation sites (tertiary alicyclic amines) is 1. The van der Waals surface area contributed by atoms with Crippen LogP contribution >= 0.6 is 11.6 Å². The second-order valence-electron chi connectivity index (χ2n) is 8.87. The van der Waals surface area contributed by atoms with Crippen LogP contribution in [-0.4, -0.2) is 56.3 Å². The van der Waals surface area contributed by atoms with E-state index in [1.54, 1.807) is 6.07 Å². The Bertz CT molecular complexity index is 1190. The van der Waals surface area contributed by atoms with Crippen LogP contribution in [0.2, 0.25) is 5.02 Å². The molecular weight excluding hydrogens is 469 g/mol. The maximum Gasteiger partial charge on any atom is 0.453 e. The van der Waals surface area contributed by atoms with Crippen molar-refractivity contribution in [1.29, 1.82) is 0 Å². The van der Waals surface area contributed by atoms with E-state index in [9.17, 15) is 18.0 Å². The lowest BCUT2D eigenvalue weighted by atomic mass is 9.94. The van der Waals surface area contributed by atoms with Crippen LogP contribution < -0.4 is 4.90 Å². The van der Waals surface area contributed by atoms with Gasteiger partial charge in [-0.3, -0.25) is 4.79 Å². The number of carbonyl (C=O) groups is 1. The summed E-state index contributed by atoms with van der Waals surface area (Å²) in [5.74, 6) is -0.669. The smallest absolute Gasteiger partial charge is 0.355 e. The molecule has 2 aliphatic rings. The highest BCUT2D eigenvalue weighted by Gasteiger charge is 2.38. The Morgan fingerprint density at radius 2 is 1.79 bits per heavy atom. The van der Waals surface area contributed by atoms with Gasteiger partial charge in [0.15, 0.2) is 5.65 Å². The molecule has 0 radical (unpaired) electrons. The molecule has 1 aromatic carbocycles. The molecule has 34 heavy (non-hydrogen) atoms. The number of hydrogen-bond acceptors (Lipinski definition) is 5. The van der Waals surface area contributed by atoms with E-state index in [1.807, 2.05) is 34.1 Å². The molecule has 2 fully saturated rings. The zero-order valence-electron chi connectivity index (χ0n) is 18.4. The molecule has 2 aromatic heterocycles. The summed E-state index contributed by atoms with van der Waals surface area (Å²) in [6.45, 7) is 1.84. The van der Waals surface area contributed by atoms with E-state index in [2.05, 4.69) is 15.3 Å². The molecule has 7 nitrogen and oxygen atoms in total. The van der Waals surface area contributed by atoms with Gasteiger partial charge in [0.1, 0.15) is 5.82 Å². The van der Waals surface area contributed by atoms with Crippen LogP contribution in [0.4, 0.5) is 19.0 Å². The summed E-state index contributed by atoms with van der Waals surface area (Å²) in [5, 5.41) is 11.6. The molecule has 0 spiro atoms. The van der Waals surface area contributed by atoms with Gasteiger partial charge in [0.05, 0.1) is 0 Å². The van der Waals surface area contributed by atoms with Gasteiger partial charge in [-0.05, 0) is 55.9 Å². The van der Waals surface area contributed by atoms with E-state index in [1.165, 1.54) is 6.07 Å². The van der Waals surface area contributed by atoms with Crippen LogP contribution in [0.15, 0.2) is 36.4 Å². The third-order valence-electron chi connectivity index (χ3n) is 6.74. The highest BCUT2D eigenvalue weighted by atomic mass is 35.5. The Kier molecular flexibility index (Phi) is 6.09. The number of piperidine rings is 1. The molecule has 5 rings (SSSR count). The standard InChI is InChI=1S/C23H24ClF3N6O/c24-18-6-2-1-4-16(18)14-17-5-3-11-32(17)21(34)15-9-12-31(13-10-15)20-8-7-19-28-29-22(23(25,26)27)33(19)30-20/h1-2,4,6-8,15,17H,3,5,9-14H2. The second kappa shape index (κ2) is 9.05. The number of alkyl halides is 3. The first-order valence-corrected chi connectivity index (χ1v) is 11.8. The van der Waals surface area contributed by atoms with Crippen molar-refractivity contribution in [3.63, 3.8) is 0 Å². The van der Waals surface area contributed by atoms with Crippen molar-refractivity contribution in [3.05, 3.63) is 52.8 Å². The summed E-state index contributed by atoms with van der Waals surface area (Å²) in [5.41, 5.74) is 1.09. The molecule has 4 heterocycles. The minimum atomic E-state index is -4.64. The Morgan fingerprint density at radius 1 is 1.03 bits per heavy atom. The Labute approximate surface area is 199 Å². The lowest BCUT2D eigenvalue weighted by Gasteiger charge is -2.35. The van der Waals surface area contributed by atoms with Crippen molar-refractivity contribution in [2.24, 2.45) is 5.92 Å². The lowest BCUT2D eigenvalue weighted by Crippen LogP contribution is -2.45. The first kappa shape index (κ1) is 22.9. The average molecular weight is 493 g/mol. The fourth-order valence-electron chi connectivity index (χ4n) is 4.97. The zero-order chi connectivity index (χ0) is 23.9. The molecule has 2 aliphatic heterocycles. The fraction of sp³-hybridized carbons (Fsp3) is 0.478. The van der Waals surface area contributed by atoms with Gasteiger partial charge in [-0.2, -0.15) is 17.7 Å². The van der Waals surface area contributed by atoms with E-state index in [0.29, 0.717) is 31.7 Å². The number of fused-ring (bicyclic) bond motifs is 1. The van der Waals surface area contributed by atoms with E-state index in [-0.39, 0.29) is 23.5 Å². The summed E-state index contributed by atoms with van der Waals surface area (Å²) < 4.78 is 40.3. The first-order valence-electron chi connectivity index (χ1n) is 11.4. The maximum absolute atomic E-state index is 13.3.